The summed E-state index contributed by atoms with van der Waals surface area (Å²) in [5, 5.41) is 0. The Kier molecular flexibility index (Phi) is 3.63. The first-order valence-corrected chi connectivity index (χ1v) is 6.86. The lowest BCUT2D eigenvalue weighted by atomic mass is 10.2. The summed E-state index contributed by atoms with van der Waals surface area (Å²) in [5.41, 5.74) is 0.296. The van der Waals surface area contributed by atoms with Gasteiger partial charge in [-0.15, -0.1) is 20.7 Å². The van der Waals surface area contributed by atoms with E-state index in [4.69, 9.17) is 0 Å². The van der Waals surface area contributed by atoms with Crippen molar-refractivity contribution in [1.82, 2.24) is 4.98 Å². The van der Waals surface area contributed by atoms with Crippen LogP contribution in [0.5, 0.6) is 0 Å². The number of aryl methyl sites for hydroxylation is 1. The van der Waals surface area contributed by atoms with E-state index >= 15 is 0 Å². The van der Waals surface area contributed by atoms with Gasteiger partial charge >= 0.3 is 6.18 Å². The van der Waals surface area contributed by atoms with Crippen molar-refractivity contribution in [2.45, 2.75) is 17.5 Å². The van der Waals surface area contributed by atoms with Crippen molar-refractivity contribution in [3.63, 3.8) is 0 Å². The summed E-state index contributed by atoms with van der Waals surface area (Å²) in [7, 11) is 0. The van der Waals surface area contributed by atoms with Crippen LogP contribution in [0.3, 0.4) is 0 Å². The van der Waals surface area contributed by atoms with Gasteiger partial charge in [-0.2, -0.15) is 13.2 Å². The van der Waals surface area contributed by atoms with E-state index < -0.39 is 11.7 Å². The SMILES string of the molecule is C=ICc1cc(C(F)(F)F)cc(C)n1. The number of aromatic nitrogens is 1. The summed E-state index contributed by atoms with van der Waals surface area (Å²) < 4.78 is 41.3. The smallest absolute Gasteiger partial charge is 0.257 e. The van der Waals surface area contributed by atoms with Gasteiger partial charge in [0.25, 0.3) is 0 Å². The predicted molar refractivity (Wildman–Crippen MR) is 58.8 cm³/mol. The van der Waals surface area contributed by atoms with Crippen LogP contribution < -0.4 is 0 Å². The van der Waals surface area contributed by atoms with E-state index in [2.05, 4.69) is 9.50 Å². The summed E-state index contributed by atoms with van der Waals surface area (Å²) in [6, 6.07) is 2.17. The number of hydrogen-bond acceptors (Lipinski definition) is 1. The van der Waals surface area contributed by atoms with E-state index in [1.807, 2.05) is 0 Å². The molecule has 0 unspecified atom stereocenters. The molecule has 0 spiro atoms. The summed E-state index contributed by atoms with van der Waals surface area (Å²) in [6.45, 7) is 1.57. The van der Waals surface area contributed by atoms with Crippen LogP contribution in [-0.4, -0.2) is 9.50 Å². The number of hydrogen-bond donors (Lipinski definition) is 0. The Hall–Kier alpha value is -0.460. The van der Waals surface area contributed by atoms with Gasteiger partial charge in [-0.25, -0.2) is 0 Å². The number of alkyl halides is 4. The molecule has 0 atom stereocenters. The van der Waals surface area contributed by atoms with Gasteiger partial charge in [0.15, 0.2) is 0 Å². The topological polar surface area (TPSA) is 12.9 Å². The maximum absolute atomic E-state index is 12.4. The van der Waals surface area contributed by atoms with Crippen LogP contribution in [-0.2, 0) is 10.6 Å². The molecular weight excluding hydrogens is 306 g/mol. The summed E-state index contributed by atoms with van der Waals surface area (Å²) in [5.74, 6) is 0. The first-order valence-electron chi connectivity index (χ1n) is 3.81. The minimum absolute atomic E-state index is 0.313. The van der Waals surface area contributed by atoms with Crippen molar-refractivity contribution < 1.29 is 13.2 Å². The predicted octanol–water partition coefficient (Wildman–Crippen LogP) is 3.31. The molecule has 0 N–H and O–H groups in total. The van der Waals surface area contributed by atoms with Crippen LogP contribution in [0.25, 0.3) is 0 Å². The van der Waals surface area contributed by atoms with Gasteiger partial charge in [0.2, 0.25) is 0 Å². The molecule has 0 radical (unpaired) electrons. The highest BCUT2D eigenvalue weighted by Crippen LogP contribution is 2.30. The number of pyridine rings is 1. The largest absolute Gasteiger partial charge is 0.416 e. The Morgan fingerprint density at radius 2 is 2.07 bits per heavy atom. The zero-order valence-electron chi connectivity index (χ0n) is 7.53. The molecule has 1 nitrogen and oxygen atoms in total. The van der Waals surface area contributed by atoms with E-state index in [-0.39, 0.29) is 20.7 Å². The van der Waals surface area contributed by atoms with Crippen LogP contribution >= 0.6 is 20.7 Å². The van der Waals surface area contributed by atoms with Gasteiger partial charge in [-0.3, -0.25) is 4.98 Å². The fourth-order valence-corrected chi connectivity index (χ4v) is 2.01. The van der Waals surface area contributed by atoms with Crippen LogP contribution in [0.15, 0.2) is 12.1 Å². The fraction of sp³-hybridized carbons (Fsp3) is 0.333. The highest BCUT2D eigenvalue weighted by Gasteiger charge is 2.31. The second-order valence-corrected chi connectivity index (χ2v) is 4.65. The molecule has 14 heavy (non-hydrogen) atoms. The summed E-state index contributed by atoms with van der Waals surface area (Å²) in [4.78, 5) is 4.02. The minimum Gasteiger partial charge on any atom is -0.257 e. The molecule has 0 bridgehead atoms. The monoisotopic (exact) mass is 315 g/mol. The van der Waals surface area contributed by atoms with Gasteiger partial charge in [-0.1, -0.05) is 4.51 Å². The molecule has 0 saturated carbocycles. The lowest BCUT2D eigenvalue weighted by Crippen LogP contribution is -2.07. The molecule has 0 aliphatic carbocycles. The van der Waals surface area contributed by atoms with E-state index in [1.165, 1.54) is 0 Å². The molecule has 0 aliphatic rings. The maximum Gasteiger partial charge on any atom is 0.416 e. The van der Waals surface area contributed by atoms with Crippen LogP contribution in [0, 0.1) is 6.92 Å². The molecule has 0 saturated heterocycles. The second-order valence-electron chi connectivity index (χ2n) is 2.81. The molecular formula is C9H9F3IN. The third-order valence-electron chi connectivity index (χ3n) is 1.57. The van der Waals surface area contributed by atoms with E-state index in [9.17, 15) is 13.2 Å². The number of halogens is 4. The quantitative estimate of drug-likeness (QED) is 0.603. The Morgan fingerprint density at radius 3 is 2.57 bits per heavy atom. The van der Waals surface area contributed by atoms with Gasteiger partial charge in [0, 0.05) is 10.1 Å². The third kappa shape index (κ3) is 3.04. The average Bonchev–Trinajstić information content (AvgIpc) is 2.02. The lowest BCUT2D eigenvalue weighted by Gasteiger charge is -2.08. The molecule has 1 heterocycles. The van der Waals surface area contributed by atoms with Gasteiger partial charge in [0.05, 0.1) is 11.3 Å². The molecule has 0 fully saturated rings. The Morgan fingerprint density at radius 1 is 1.43 bits per heavy atom. The summed E-state index contributed by atoms with van der Waals surface area (Å²) >= 11 is -0.313. The summed E-state index contributed by atoms with van der Waals surface area (Å²) in [6.07, 6.45) is -4.28. The lowest BCUT2D eigenvalue weighted by molar-refractivity contribution is -0.137. The van der Waals surface area contributed by atoms with Crippen molar-refractivity contribution in [2.24, 2.45) is 0 Å². The van der Waals surface area contributed by atoms with Crippen LogP contribution in [0.1, 0.15) is 17.0 Å². The van der Waals surface area contributed by atoms with Gasteiger partial charge in [0.1, 0.15) is 0 Å². The fourth-order valence-electron chi connectivity index (χ4n) is 1.07. The molecule has 1 rings (SSSR count). The zero-order valence-corrected chi connectivity index (χ0v) is 9.69. The van der Waals surface area contributed by atoms with Crippen LogP contribution in [0.2, 0.25) is 0 Å². The molecule has 0 aliphatic heterocycles. The van der Waals surface area contributed by atoms with E-state index in [0.717, 1.165) is 12.1 Å². The Balaban J connectivity index is 3.13. The van der Waals surface area contributed by atoms with Crippen molar-refractivity contribution in [3.8, 4) is 0 Å². The average molecular weight is 315 g/mol. The Labute approximate surface area is 90.1 Å². The highest BCUT2D eigenvalue weighted by molar-refractivity contribution is 14.2. The second kappa shape index (κ2) is 4.37. The zero-order chi connectivity index (χ0) is 10.8. The molecule has 1 aromatic heterocycles. The van der Waals surface area contributed by atoms with E-state index in [0.29, 0.717) is 15.8 Å². The standard InChI is InChI=1S/C9H9F3IN/c1-6-3-7(9(10,11)12)4-8(14-6)5-13-2/h3-4H,2,5H2,1H3. The Bertz CT molecular complexity index is 346. The molecule has 0 aromatic carbocycles. The highest BCUT2D eigenvalue weighted by atomic mass is 127. The van der Waals surface area contributed by atoms with Crippen LogP contribution in [0.4, 0.5) is 13.2 Å². The first kappa shape index (κ1) is 11.6. The van der Waals surface area contributed by atoms with Gasteiger partial charge in [-0.05, 0) is 19.1 Å². The minimum atomic E-state index is -4.28. The molecule has 0 amide bonds. The number of rotatable bonds is 2. The van der Waals surface area contributed by atoms with Crippen molar-refractivity contribution in [1.29, 1.82) is 0 Å². The molecule has 5 heteroatoms. The molecule has 78 valence electrons. The first-order chi connectivity index (χ1) is 6.43. The maximum atomic E-state index is 12.4. The number of nitrogens with zero attached hydrogens (tertiary/aromatic N) is 1. The van der Waals surface area contributed by atoms with Crippen molar-refractivity contribution in [2.75, 3.05) is 0 Å². The van der Waals surface area contributed by atoms with E-state index in [1.54, 1.807) is 6.92 Å². The normalized spacial score (nSPS) is 11.7. The van der Waals surface area contributed by atoms with Crippen molar-refractivity contribution >= 4 is 25.2 Å². The van der Waals surface area contributed by atoms with Crippen molar-refractivity contribution in [3.05, 3.63) is 29.1 Å². The third-order valence-corrected chi connectivity index (χ3v) is 2.89. The van der Waals surface area contributed by atoms with Gasteiger partial charge < -0.3 is 0 Å². The molecule has 1 aromatic rings.